The van der Waals surface area contributed by atoms with Crippen LogP contribution in [0.15, 0.2) is 65.5 Å². The maximum atomic E-state index is 12.5. The molecule has 0 spiro atoms. The van der Waals surface area contributed by atoms with E-state index >= 15 is 0 Å². The Balaban J connectivity index is 1.57. The monoisotopic (exact) mass is 373 g/mol. The second-order valence-electron chi connectivity index (χ2n) is 6.12. The molecule has 0 aliphatic heterocycles. The number of fused-ring (bicyclic) bond motifs is 2. The summed E-state index contributed by atoms with van der Waals surface area (Å²) in [7, 11) is 1.46. The summed E-state index contributed by atoms with van der Waals surface area (Å²) in [5.41, 5.74) is 5.22. The van der Waals surface area contributed by atoms with Gasteiger partial charge in [0.1, 0.15) is 5.69 Å². The van der Waals surface area contributed by atoms with Crippen LogP contribution in [0.3, 0.4) is 0 Å². The largest absolute Gasteiger partial charge is 0.290 e. The third-order valence-corrected chi connectivity index (χ3v) is 4.29. The zero-order chi connectivity index (χ0) is 19.7. The van der Waals surface area contributed by atoms with E-state index in [0.717, 1.165) is 10.1 Å². The highest BCUT2D eigenvalue weighted by Crippen LogP contribution is 2.13. The smallest absolute Gasteiger partial charge is 0.267 e. The molecule has 4 aromatic rings. The summed E-state index contributed by atoms with van der Waals surface area (Å²) < 4.78 is 1.09. The average molecular weight is 373 g/mol. The minimum Gasteiger partial charge on any atom is -0.267 e. The topological polar surface area (TPSA) is 106 Å². The molecule has 0 aliphatic carbocycles. The van der Waals surface area contributed by atoms with Crippen LogP contribution in [-0.4, -0.2) is 26.6 Å². The van der Waals surface area contributed by atoms with Crippen LogP contribution < -0.4 is 16.4 Å². The van der Waals surface area contributed by atoms with Crippen molar-refractivity contribution in [1.29, 1.82) is 0 Å². The van der Waals surface area contributed by atoms with E-state index in [4.69, 9.17) is 0 Å². The van der Waals surface area contributed by atoms with E-state index in [1.807, 2.05) is 18.2 Å². The number of carbonyl (C=O) groups is 2. The van der Waals surface area contributed by atoms with E-state index in [0.29, 0.717) is 16.3 Å². The third kappa shape index (κ3) is 3.07. The van der Waals surface area contributed by atoms with Gasteiger partial charge < -0.3 is 0 Å². The highest BCUT2D eigenvalue weighted by molar-refractivity contribution is 6.06. The molecule has 0 aliphatic rings. The lowest BCUT2D eigenvalue weighted by Crippen LogP contribution is -2.43. The molecule has 0 radical (unpaired) electrons. The van der Waals surface area contributed by atoms with Crippen molar-refractivity contribution in [2.24, 2.45) is 7.05 Å². The first kappa shape index (κ1) is 17.3. The Labute approximate surface area is 158 Å². The van der Waals surface area contributed by atoms with Gasteiger partial charge in [-0.2, -0.15) is 5.10 Å². The first-order valence-electron chi connectivity index (χ1n) is 8.47. The van der Waals surface area contributed by atoms with Crippen LogP contribution >= 0.6 is 0 Å². The summed E-state index contributed by atoms with van der Waals surface area (Å²) in [4.78, 5) is 41.3. The van der Waals surface area contributed by atoms with Gasteiger partial charge >= 0.3 is 0 Å². The van der Waals surface area contributed by atoms with Crippen molar-refractivity contribution in [1.82, 2.24) is 25.6 Å². The van der Waals surface area contributed by atoms with Crippen LogP contribution in [0.1, 0.15) is 21.0 Å². The minimum atomic E-state index is -0.638. The number of hydrogen-bond donors (Lipinski definition) is 2. The van der Waals surface area contributed by atoms with Crippen molar-refractivity contribution < 1.29 is 9.59 Å². The van der Waals surface area contributed by atoms with Crippen molar-refractivity contribution in [3.05, 3.63) is 82.4 Å². The maximum Gasteiger partial charge on any atom is 0.290 e. The summed E-state index contributed by atoms with van der Waals surface area (Å²) in [6, 6.07) is 17.4. The molecule has 2 heterocycles. The summed E-state index contributed by atoms with van der Waals surface area (Å²) in [5.74, 6) is -1.20. The summed E-state index contributed by atoms with van der Waals surface area (Å²) in [6.45, 7) is 0. The first-order valence-corrected chi connectivity index (χ1v) is 8.47. The molecule has 0 saturated heterocycles. The fourth-order valence-electron chi connectivity index (χ4n) is 2.90. The number of hydrogen-bond acceptors (Lipinski definition) is 5. The molecule has 4 rings (SSSR count). The van der Waals surface area contributed by atoms with E-state index in [9.17, 15) is 14.4 Å². The van der Waals surface area contributed by atoms with E-state index in [1.54, 1.807) is 42.5 Å². The number of amides is 2. The Hall–Kier alpha value is -4.07. The van der Waals surface area contributed by atoms with E-state index in [1.165, 1.54) is 7.05 Å². The molecule has 28 heavy (non-hydrogen) atoms. The third-order valence-electron chi connectivity index (χ3n) is 4.29. The molecule has 8 heteroatoms. The zero-order valence-electron chi connectivity index (χ0n) is 14.8. The molecule has 138 valence electrons. The van der Waals surface area contributed by atoms with Crippen LogP contribution in [0.25, 0.3) is 21.7 Å². The average Bonchev–Trinajstić information content (AvgIpc) is 2.74. The summed E-state index contributed by atoms with van der Waals surface area (Å²) in [6.07, 6.45) is 0. The number of nitrogens with one attached hydrogen (secondary N) is 2. The van der Waals surface area contributed by atoms with Gasteiger partial charge in [-0.3, -0.25) is 25.2 Å². The van der Waals surface area contributed by atoms with Crippen molar-refractivity contribution in [2.75, 3.05) is 0 Å². The number of nitrogens with zero attached hydrogens (tertiary/aromatic N) is 3. The quantitative estimate of drug-likeness (QED) is 0.519. The minimum absolute atomic E-state index is 0.0319. The summed E-state index contributed by atoms with van der Waals surface area (Å²) >= 11 is 0. The van der Waals surface area contributed by atoms with Crippen molar-refractivity contribution in [3.8, 4) is 0 Å². The number of rotatable bonds is 2. The Morgan fingerprint density at radius 2 is 1.54 bits per heavy atom. The second-order valence-corrected chi connectivity index (χ2v) is 6.12. The molecule has 2 aromatic heterocycles. The predicted molar refractivity (Wildman–Crippen MR) is 104 cm³/mol. The molecule has 0 bridgehead atoms. The Morgan fingerprint density at radius 1 is 0.857 bits per heavy atom. The molecule has 0 fully saturated rings. The number of aryl methyl sites for hydroxylation is 1. The van der Waals surface area contributed by atoms with Crippen LogP contribution in [0.2, 0.25) is 0 Å². The zero-order valence-corrected chi connectivity index (χ0v) is 14.8. The number of aromatic nitrogens is 3. The maximum absolute atomic E-state index is 12.5. The first-order chi connectivity index (χ1) is 13.5. The molecular formula is C20H15N5O3. The molecular weight excluding hydrogens is 358 g/mol. The molecule has 2 aromatic carbocycles. The van der Waals surface area contributed by atoms with Crippen LogP contribution in [0.4, 0.5) is 0 Å². The number of carbonyl (C=O) groups excluding carboxylic acids is 2. The predicted octanol–water partition coefficient (Wildman–Crippen LogP) is 1.56. The SMILES string of the molecule is Cn1nc(C(=O)NNC(=O)c2ccc3ccccc3n2)c2ccccc2c1=O. The van der Waals surface area contributed by atoms with Gasteiger partial charge in [-0.25, -0.2) is 9.67 Å². The highest BCUT2D eigenvalue weighted by Gasteiger charge is 2.17. The molecule has 8 nitrogen and oxygen atoms in total. The number of pyridine rings is 1. The summed E-state index contributed by atoms with van der Waals surface area (Å²) in [5, 5.41) is 5.70. The van der Waals surface area contributed by atoms with Crippen molar-refractivity contribution in [2.45, 2.75) is 0 Å². The fraction of sp³-hybridized carbons (Fsp3) is 0.0500. The van der Waals surface area contributed by atoms with Gasteiger partial charge in [0.15, 0.2) is 5.69 Å². The van der Waals surface area contributed by atoms with Gasteiger partial charge in [0, 0.05) is 17.8 Å². The van der Waals surface area contributed by atoms with Gasteiger partial charge in [0.2, 0.25) is 0 Å². The lowest BCUT2D eigenvalue weighted by atomic mass is 10.1. The fourth-order valence-corrected chi connectivity index (χ4v) is 2.90. The number of para-hydroxylation sites is 1. The molecule has 2 N–H and O–H groups in total. The second kappa shape index (κ2) is 6.92. The Kier molecular flexibility index (Phi) is 4.29. The molecule has 0 unspecified atom stereocenters. The van der Waals surface area contributed by atoms with E-state index in [-0.39, 0.29) is 16.9 Å². The van der Waals surface area contributed by atoms with Gasteiger partial charge in [0.05, 0.1) is 10.9 Å². The van der Waals surface area contributed by atoms with Crippen molar-refractivity contribution >= 4 is 33.5 Å². The normalized spacial score (nSPS) is 10.8. The molecule has 0 saturated carbocycles. The lowest BCUT2D eigenvalue weighted by molar-refractivity contribution is 0.0841. The van der Waals surface area contributed by atoms with Crippen molar-refractivity contribution in [3.63, 3.8) is 0 Å². The van der Waals surface area contributed by atoms with Gasteiger partial charge in [-0.1, -0.05) is 42.5 Å². The molecule has 2 amide bonds. The highest BCUT2D eigenvalue weighted by atomic mass is 16.2. The standard InChI is InChI=1S/C20H15N5O3/c1-25-20(28)14-8-4-3-7-13(14)17(24-25)19(27)23-22-18(26)16-11-10-12-6-2-5-9-15(12)21-16/h2-11H,1H3,(H,22,26)(H,23,27). The van der Waals surface area contributed by atoms with Gasteiger partial charge in [0.25, 0.3) is 17.4 Å². The number of benzene rings is 2. The lowest BCUT2D eigenvalue weighted by Gasteiger charge is -2.10. The molecule has 0 atom stereocenters. The van der Waals surface area contributed by atoms with E-state index in [2.05, 4.69) is 20.9 Å². The Morgan fingerprint density at radius 3 is 2.36 bits per heavy atom. The van der Waals surface area contributed by atoms with Gasteiger partial charge in [-0.15, -0.1) is 0 Å². The van der Waals surface area contributed by atoms with Gasteiger partial charge in [-0.05, 0) is 18.2 Å². The number of hydrazine groups is 1. The van der Waals surface area contributed by atoms with Crippen LogP contribution in [0.5, 0.6) is 0 Å². The Bertz CT molecular complexity index is 1300. The van der Waals surface area contributed by atoms with Crippen LogP contribution in [0, 0.1) is 0 Å². The van der Waals surface area contributed by atoms with Crippen LogP contribution in [-0.2, 0) is 7.05 Å². The van der Waals surface area contributed by atoms with E-state index < -0.39 is 11.8 Å².